The molecule has 0 spiro atoms. The van der Waals surface area contributed by atoms with Crippen LogP contribution in [0.1, 0.15) is 11.1 Å². The number of amides is 1. The monoisotopic (exact) mass is 468 g/mol. The predicted octanol–water partition coefficient (Wildman–Crippen LogP) is 4.34. The summed E-state index contributed by atoms with van der Waals surface area (Å²) in [6, 6.07) is 11.3. The molecule has 33 heavy (non-hydrogen) atoms. The first kappa shape index (κ1) is 23.8. The molecule has 0 aliphatic carbocycles. The van der Waals surface area contributed by atoms with E-state index in [2.05, 4.69) is 10.3 Å². The van der Waals surface area contributed by atoms with Crippen molar-refractivity contribution < 1.29 is 28.5 Å². The Kier molecular flexibility index (Phi) is 8.04. The maximum absolute atomic E-state index is 12.1. The smallest absolute Gasteiger partial charge is 0.331 e. The maximum Gasteiger partial charge on any atom is 0.331 e. The van der Waals surface area contributed by atoms with Gasteiger partial charge in [-0.2, -0.15) is 0 Å². The molecule has 0 atom stereocenters. The minimum Gasteiger partial charge on any atom is -0.496 e. The number of hydrogen-bond donors (Lipinski definition) is 1. The normalized spacial score (nSPS) is 10.7. The van der Waals surface area contributed by atoms with Crippen molar-refractivity contribution in [3.8, 4) is 28.5 Å². The van der Waals surface area contributed by atoms with Crippen LogP contribution in [0.25, 0.3) is 17.3 Å². The molecule has 0 saturated heterocycles. The van der Waals surface area contributed by atoms with E-state index in [0.29, 0.717) is 27.9 Å². The third-order valence-electron chi connectivity index (χ3n) is 4.58. The summed E-state index contributed by atoms with van der Waals surface area (Å²) in [6.45, 7) is 1.57. The molecule has 3 rings (SSSR count). The molecule has 0 aliphatic rings. The summed E-state index contributed by atoms with van der Waals surface area (Å²) in [5.74, 6) is 0.312. The number of aromatic nitrogens is 1. The summed E-state index contributed by atoms with van der Waals surface area (Å²) in [4.78, 5) is 28.6. The van der Waals surface area contributed by atoms with Crippen LogP contribution in [0, 0.1) is 6.92 Å². The quantitative estimate of drug-likeness (QED) is 0.369. The van der Waals surface area contributed by atoms with Gasteiger partial charge in [0.1, 0.15) is 5.75 Å². The van der Waals surface area contributed by atoms with Crippen LogP contribution in [-0.2, 0) is 14.3 Å². The summed E-state index contributed by atoms with van der Waals surface area (Å²) < 4.78 is 20.8. The van der Waals surface area contributed by atoms with Gasteiger partial charge < -0.3 is 18.9 Å². The second kappa shape index (κ2) is 11.1. The van der Waals surface area contributed by atoms with Gasteiger partial charge in [0.05, 0.1) is 27.0 Å². The van der Waals surface area contributed by atoms with Crippen LogP contribution in [0.3, 0.4) is 0 Å². The average molecular weight is 469 g/mol. The standard InChI is InChI=1S/C24H24N2O6S/c1-15-5-7-16(8-6-15)18-14-33-24(25-18)26-22(27)13-32-23(28)10-9-17-11-20(30-3)21(31-4)12-19(17)29-2/h5-12,14H,13H2,1-4H3,(H,25,26,27)/b10-9+. The fourth-order valence-electron chi connectivity index (χ4n) is 2.87. The van der Waals surface area contributed by atoms with E-state index in [9.17, 15) is 9.59 Å². The molecule has 1 N–H and O–H groups in total. The van der Waals surface area contributed by atoms with Crippen LogP contribution < -0.4 is 19.5 Å². The summed E-state index contributed by atoms with van der Waals surface area (Å²) in [7, 11) is 4.53. The van der Waals surface area contributed by atoms with Gasteiger partial charge >= 0.3 is 5.97 Å². The van der Waals surface area contributed by atoms with Crippen LogP contribution in [0.2, 0.25) is 0 Å². The van der Waals surface area contributed by atoms with Crippen LogP contribution in [-0.4, -0.2) is 44.8 Å². The van der Waals surface area contributed by atoms with Crippen molar-refractivity contribution in [2.24, 2.45) is 0 Å². The molecule has 0 aliphatic heterocycles. The summed E-state index contributed by atoms with van der Waals surface area (Å²) in [5.41, 5.74) is 3.46. The third-order valence-corrected chi connectivity index (χ3v) is 5.34. The second-order valence-corrected chi connectivity index (χ2v) is 7.70. The van der Waals surface area contributed by atoms with Gasteiger partial charge in [-0.25, -0.2) is 9.78 Å². The molecule has 1 amide bonds. The molecule has 0 bridgehead atoms. The summed E-state index contributed by atoms with van der Waals surface area (Å²) in [6.07, 6.45) is 2.71. The Morgan fingerprint density at radius 2 is 1.67 bits per heavy atom. The Bertz CT molecular complexity index is 1150. The highest BCUT2D eigenvalue weighted by atomic mass is 32.1. The van der Waals surface area contributed by atoms with Crippen molar-refractivity contribution in [3.63, 3.8) is 0 Å². The van der Waals surface area contributed by atoms with E-state index in [1.54, 1.807) is 12.1 Å². The number of thiazole rings is 1. The fraction of sp³-hybridized carbons (Fsp3) is 0.208. The van der Waals surface area contributed by atoms with Gasteiger partial charge in [0, 0.05) is 28.6 Å². The summed E-state index contributed by atoms with van der Waals surface area (Å²) in [5, 5.41) is 4.92. The van der Waals surface area contributed by atoms with Crippen LogP contribution in [0.5, 0.6) is 17.2 Å². The Morgan fingerprint density at radius 3 is 2.33 bits per heavy atom. The number of esters is 1. The SMILES string of the molecule is COc1cc(OC)c(OC)cc1/C=C/C(=O)OCC(=O)Nc1nc(-c2ccc(C)cc2)cs1. The zero-order valence-electron chi connectivity index (χ0n) is 18.7. The van der Waals surface area contributed by atoms with Gasteiger partial charge in [-0.1, -0.05) is 29.8 Å². The molecule has 3 aromatic rings. The molecular formula is C24H24N2O6S. The van der Waals surface area contributed by atoms with Crippen LogP contribution in [0.15, 0.2) is 47.9 Å². The predicted molar refractivity (Wildman–Crippen MR) is 127 cm³/mol. The van der Waals surface area contributed by atoms with Gasteiger partial charge in [-0.05, 0) is 19.1 Å². The number of ether oxygens (including phenoxy) is 4. The Morgan fingerprint density at radius 1 is 1.00 bits per heavy atom. The molecular weight excluding hydrogens is 444 g/mol. The van der Waals surface area contributed by atoms with Gasteiger partial charge in [-0.15, -0.1) is 11.3 Å². The van der Waals surface area contributed by atoms with E-state index in [-0.39, 0.29) is 0 Å². The van der Waals surface area contributed by atoms with E-state index >= 15 is 0 Å². The number of benzene rings is 2. The zero-order chi connectivity index (χ0) is 23.8. The number of carbonyl (C=O) groups is 2. The molecule has 172 valence electrons. The third kappa shape index (κ3) is 6.33. The van der Waals surface area contributed by atoms with E-state index in [1.807, 2.05) is 36.6 Å². The average Bonchev–Trinajstić information content (AvgIpc) is 3.29. The highest BCUT2D eigenvalue weighted by Gasteiger charge is 2.12. The van der Waals surface area contributed by atoms with Crippen molar-refractivity contribution in [3.05, 3.63) is 59.0 Å². The van der Waals surface area contributed by atoms with E-state index in [1.165, 1.54) is 44.8 Å². The minimum atomic E-state index is -0.679. The lowest BCUT2D eigenvalue weighted by molar-refractivity contribution is -0.142. The van der Waals surface area contributed by atoms with Gasteiger partial charge in [0.15, 0.2) is 23.2 Å². The van der Waals surface area contributed by atoms with Gasteiger partial charge in [0.2, 0.25) is 0 Å². The molecule has 2 aromatic carbocycles. The maximum atomic E-state index is 12.1. The highest BCUT2D eigenvalue weighted by molar-refractivity contribution is 7.14. The van der Waals surface area contributed by atoms with Crippen LogP contribution >= 0.6 is 11.3 Å². The molecule has 1 aromatic heterocycles. The van der Waals surface area contributed by atoms with E-state index in [4.69, 9.17) is 18.9 Å². The number of nitrogens with one attached hydrogen (secondary N) is 1. The van der Waals surface area contributed by atoms with Crippen molar-refractivity contribution >= 4 is 34.4 Å². The largest absolute Gasteiger partial charge is 0.496 e. The number of aryl methyl sites for hydroxylation is 1. The lowest BCUT2D eigenvalue weighted by atomic mass is 10.1. The molecule has 9 heteroatoms. The minimum absolute atomic E-state index is 0.428. The Hall–Kier alpha value is -3.85. The van der Waals surface area contributed by atoms with Crippen molar-refractivity contribution in [2.75, 3.05) is 33.3 Å². The first-order valence-corrected chi connectivity index (χ1v) is 10.8. The first-order valence-electron chi connectivity index (χ1n) is 9.90. The molecule has 8 nitrogen and oxygen atoms in total. The van der Waals surface area contributed by atoms with Crippen LogP contribution in [0.4, 0.5) is 5.13 Å². The molecule has 0 radical (unpaired) electrons. The summed E-state index contributed by atoms with van der Waals surface area (Å²) >= 11 is 1.30. The number of carbonyl (C=O) groups excluding carboxylic acids is 2. The first-order chi connectivity index (χ1) is 15.9. The molecule has 0 fully saturated rings. The molecule has 0 saturated carbocycles. The topological polar surface area (TPSA) is 96.0 Å². The van der Waals surface area contributed by atoms with Crippen molar-refractivity contribution in [1.82, 2.24) is 4.98 Å². The van der Waals surface area contributed by atoms with Gasteiger partial charge in [0.25, 0.3) is 5.91 Å². The Labute approximate surface area is 195 Å². The molecule has 0 unspecified atom stereocenters. The number of hydrogen-bond acceptors (Lipinski definition) is 8. The lowest BCUT2D eigenvalue weighted by Gasteiger charge is -2.12. The fourth-order valence-corrected chi connectivity index (χ4v) is 3.60. The number of rotatable bonds is 9. The van der Waals surface area contributed by atoms with Crippen molar-refractivity contribution in [2.45, 2.75) is 6.92 Å². The Balaban J connectivity index is 1.55. The molecule has 1 heterocycles. The van der Waals surface area contributed by atoms with E-state index in [0.717, 1.165) is 16.8 Å². The number of methoxy groups -OCH3 is 3. The number of anilines is 1. The highest BCUT2D eigenvalue weighted by Crippen LogP contribution is 2.35. The van der Waals surface area contributed by atoms with Gasteiger partial charge in [-0.3, -0.25) is 10.1 Å². The zero-order valence-corrected chi connectivity index (χ0v) is 19.5. The van der Waals surface area contributed by atoms with Crippen molar-refractivity contribution in [1.29, 1.82) is 0 Å². The second-order valence-electron chi connectivity index (χ2n) is 6.84. The number of nitrogens with zero attached hydrogens (tertiary/aromatic N) is 1. The van der Waals surface area contributed by atoms with E-state index < -0.39 is 18.5 Å². The lowest BCUT2D eigenvalue weighted by Crippen LogP contribution is -2.20.